The summed E-state index contributed by atoms with van der Waals surface area (Å²) in [6.07, 6.45) is 0.148. The van der Waals surface area contributed by atoms with Crippen LogP contribution in [0.25, 0.3) is 0 Å². The van der Waals surface area contributed by atoms with Gasteiger partial charge in [0.25, 0.3) is 0 Å². The van der Waals surface area contributed by atoms with Crippen LogP contribution in [-0.4, -0.2) is 20.7 Å². The first-order valence-electron chi connectivity index (χ1n) is 5.93. The predicted octanol–water partition coefficient (Wildman–Crippen LogP) is 3.42. The first kappa shape index (κ1) is 13.9. The molecular formula is C13H15N3OS2. The van der Waals surface area contributed by atoms with Crippen LogP contribution in [0.4, 0.5) is 5.69 Å². The highest BCUT2D eigenvalue weighted by Crippen LogP contribution is 2.20. The minimum absolute atomic E-state index is 0.148. The average Bonchev–Trinajstić information content (AvgIpc) is 2.75. The maximum atomic E-state index is 5.65. The highest BCUT2D eigenvalue weighted by molar-refractivity contribution is 7.81. The summed E-state index contributed by atoms with van der Waals surface area (Å²) in [6, 6.07) is 7.73. The Morgan fingerprint density at radius 1 is 1.42 bits per heavy atom. The van der Waals surface area contributed by atoms with Gasteiger partial charge in [-0.2, -0.15) is 0 Å². The molecule has 1 aromatic carbocycles. The first-order valence-corrected chi connectivity index (χ1v) is 7.11. The van der Waals surface area contributed by atoms with Crippen LogP contribution in [-0.2, 0) is 0 Å². The smallest absolute Gasteiger partial charge is 0.124 e. The molecule has 0 saturated carbocycles. The minimum Gasteiger partial charge on any atom is -0.491 e. The van der Waals surface area contributed by atoms with Crippen molar-refractivity contribution >= 4 is 34.4 Å². The van der Waals surface area contributed by atoms with Crippen LogP contribution in [0.15, 0.2) is 24.3 Å². The predicted molar refractivity (Wildman–Crippen MR) is 82.2 cm³/mol. The number of aromatic nitrogens is 2. The summed E-state index contributed by atoms with van der Waals surface area (Å²) in [4.78, 5) is 1.53. The third-order valence-electron chi connectivity index (χ3n) is 2.32. The number of nitrogens with zero attached hydrogens (tertiary/aromatic N) is 2. The number of anilines is 1. The maximum absolute atomic E-state index is 5.65. The van der Waals surface area contributed by atoms with Gasteiger partial charge in [0.15, 0.2) is 0 Å². The second-order valence-electron chi connectivity index (χ2n) is 4.34. The van der Waals surface area contributed by atoms with Crippen molar-refractivity contribution in [1.82, 2.24) is 9.59 Å². The Morgan fingerprint density at radius 2 is 2.21 bits per heavy atom. The molecule has 0 radical (unpaired) electrons. The van der Waals surface area contributed by atoms with Crippen LogP contribution in [0, 0.1) is 6.92 Å². The lowest BCUT2D eigenvalue weighted by Crippen LogP contribution is -2.11. The van der Waals surface area contributed by atoms with Crippen molar-refractivity contribution in [3.63, 3.8) is 0 Å². The average molecular weight is 293 g/mol. The van der Waals surface area contributed by atoms with Crippen LogP contribution >= 0.6 is 23.8 Å². The van der Waals surface area contributed by atoms with E-state index in [0.717, 1.165) is 22.0 Å². The van der Waals surface area contributed by atoms with Gasteiger partial charge in [0.2, 0.25) is 0 Å². The molecule has 0 fully saturated rings. The van der Waals surface area contributed by atoms with Gasteiger partial charge in [-0.1, -0.05) is 22.8 Å². The van der Waals surface area contributed by atoms with Crippen molar-refractivity contribution in [2.45, 2.75) is 26.9 Å². The molecule has 0 aliphatic heterocycles. The lowest BCUT2D eigenvalue weighted by Gasteiger charge is -2.12. The molecule has 0 saturated heterocycles. The van der Waals surface area contributed by atoms with Gasteiger partial charge < -0.3 is 10.1 Å². The highest BCUT2D eigenvalue weighted by atomic mass is 32.1. The van der Waals surface area contributed by atoms with Gasteiger partial charge in [-0.05, 0) is 44.4 Å². The van der Waals surface area contributed by atoms with Gasteiger partial charge in [0.05, 0.1) is 11.8 Å². The lowest BCUT2D eigenvalue weighted by atomic mass is 10.3. The van der Waals surface area contributed by atoms with E-state index in [1.165, 1.54) is 11.5 Å². The first-order chi connectivity index (χ1) is 9.06. The van der Waals surface area contributed by atoms with Crippen LogP contribution in [0.1, 0.15) is 24.4 Å². The largest absolute Gasteiger partial charge is 0.491 e. The number of aryl methyl sites for hydroxylation is 1. The molecule has 6 heteroatoms. The number of hydrogen-bond acceptors (Lipinski definition) is 5. The maximum Gasteiger partial charge on any atom is 0.124 e. The van der Waals surface area contributed by atoms with E-state index in [1.807, 2.05) is 45.0 Å². The molecule has 0 aliphatic carbocycles. The number of ether oxygens (including phenoxy) is 1. The fourth-order valence-corrected chi connectivity index (χ4v) is 2.48. The van der Waals surface area contributed by atoms with Crippen LogP contribution < -0.4 is 10.1 Å². The summed E-state index contributed by atoms with van der Waals surface area (Å²) in [5.41, 5.74) is 1.74. The van der Waals surface area contributed by atoms with Gasteiger partial charge in [-0.3, -0.25) is 0 Å². The van der Waals surface area contributed by atoms with Crippen molar-refractivity contribution in [3.05, 3.63) is 34.8 Å². The molecule has 0 spiro atoms. The second kappa shape index (κ2) is 6.08. The molecule has 2 rings (SSSR count). The molecule has 0 atom stereocenters. The number of rotatable bonds is 4. The Labute approximate surface area is 122 Å². The molecule has 1 aromatic heterocycles. The van der Waals surface area contributed by atoms with Gasteiger partial charge in [-0.25, -0.2) is 0 Å². The van der Waals surface area contributed by atoms with E-state index in [4.69, 9.17) is 17.0 Å². The fourth-order valence-electron chi connectivity index (χ4n) is 1.55. The summed E-state index contributed by atoms with van der Waals surface area (Å²) >= 11 is 6.65. The van der Waals surface area contributed by atoms with Crippen molar-refractivity contribution in [3.8, 4) is 5.75 Å². The molecule has 100 valence electrons. The van der Waals surface area contributed by atoms with E-state index in [9.17, 15) is 0 Å². The summed E-state index contributed by atoms with van der Waals surface area (Å²) in [6.45, 7) is 5.89. The zero-order valence-corrected chi connectivity index (χ0v) is 12.6. The summed E-state index contributed by atoms with van der Waals surface area (Å²) in [5.74, 6) is 0.821. The van der Waals surface area contributed by atoms with E-state index < -0.39 is 0 Å². The van der Waals surface area contributed by atoms with E-state index in [1.54, 1.807) is 0 Å². The van der Waals surface area contributed by atoms with Crippen molar-refractivity contribution in [2.75, 3.05) is 5.32 Å². The van der Waals surface area contributed by atoms with Crippen molar-refractivity contribution in [2.24, 2.45) is 0 Å². The minimum atomic E-state index is 0.148. The Bertz CT molecular complexity index is 581. The second-order valence-corrected chi connectivity index (χ2v) is 5.50. The molecule has 1 N–H and O–H groups in total. The van der Waals surface area contributed by atoms with Crippen LogP contribution in [0.3, 0.4) is 0 Å². The Hall–Kier alpha value is -1.53. The molecule has 0 amide bonds. The van der Waals surface area contributed by atoms with Crippen molar-refractivity contribution < 1.29 is 4.74 Å². The number of benzene rings is 1. The number of thiocarbonyl (C=S) groups is 1. The summed E-state index contributed by atoms with van der Waals surface area (Å²) in [5, 5.41) is 7.13. The molecule has 0 aliphatic rings. The van der Waals surface area contributed by atoms with Crippen molar-refractivity contribution in [1.29, 1.82) is 0 Å². The van der Waals surface area contributed by atoms with Gasteiger partial charge in [0, 0.05) is 11.8 Å². The zero-order valence-electron chi connectivity index (χ0n) is 11.0. The molecule has 2 aromatic rings. The topological polar surface area (TPSA) is 47.0 Å². The molecule has 1 heterocycles. The summed E-state index contributed by atoms with van der Waals surface area (Å²) in [7, 11) is 0. The van der Waals surface area contributed by atoms with E-state index in [0.29, 0.717) is 4.99 Å². The van der Waals surface area contributed by atoms with Gasteiger partial charge >= 0.3 is 0 Å². The monoisotopic (exact) mass is 293 g/mol. The van der Waals surface area contributed by atoms with Crippen LogP contribution in [0.5, 0.6) is 5.75 Å². The van der Waals surface area contributed by atoms with E-state index in [-0.39, 0.29) is 6.10 Å². The van der Waals surface area contributed by atoms with Gasteiger partial charge in [0.1, 0.15) is 15.6 Å². The Balaban J connectivity index is 2.11. The Kier molecular flexibility index (Phi) is 4.44. The quantitative estimate of drug-likeness (QED) is 0.875. The molecular weight excluding hydrogens is 278 g/mol. The Morgan fingerprint density at radius 3 is 2.84 bits per heavy atom. The highest BCUT2D eigenvalue weighted by Gasteiger charge is 2.09. The van der Waals surface area contributed by atoms with E-state index in [2.05, 4.69) is 14.9 Å². The lowest BCUT2D eigenvalue weighted by molar-refractivity contribution is 0.242. The normalized spacial score (nSPS) is 10.5. The molecule has 0 unspecified atom stereocenters. The zero-order chi connectivity index (χ0) is 13.8. The third-order valence-corrected chi connectivity index (χ3v) is 3.60. The van der Waals surface area contributed by atoms with Crippen LogP contribution in [0.2, 0.25) is 0 Å². The third kappa shape index (κ3) is 3.71. The number of hydrogen-bond donors (Lipinski definition) is 1. The van der Waals surface area contributed by atoms with E-state index >= 15 is 0 Å². The molecule has 19 heavy (non-hydrogen) atoms. The SMILES string of the molecule is Cc1nnsc1C(=S)Nc1cccc(OC(C)C)c1. The number of nitrogens with one attached hydrogen (secondary N) is 1. The molecule has 0 bridgehead atoms. The fraction of sp³-hybridized carbons (Fsp3) is 0.308. The standard InChI is InChI=1S/C13H15N3OS2/c1-8(2)17-11-6-4-5-10(7-11)14-13(18)12-9(3)15-16-19-12/h4-8H,1-3H3,(H,14,18). The molecule has 4 nitrogen and oxygen atoms in total. The van der Waals surface area contributed by atoms with Gasteiger partial charge in [-0.15, -0.1) is 5.10 Å². The summed E-state index contributed by atoms with van der Waals surface area (Å²) < 4.78 is 9.53.